The lowest BCUT2D eigenvalue weighted by Crippen LogP contribution is -2.20. The van der Waals surface area contributed by atoms with Crippen molar-refractivity contribution in [2.24, 2.45) is 0 Å². The van der Waals surface area contributed by atoms with Crippen molar-refractivity contribution in [3.05, 3.63) is 82.9 Å². The van der Waals surface area contributed by atoms with E-state index in [2.05, 4.69) is 15.3 Å². The number of carbonyl (C=O) groups is 2. The first kappa shape index (κ1) is 24.2. The lowest BCUT2D eigenvalue weighted by molar-refractivity contribution is -0.136. The maximum atomic E-state index is 14.1. The van der Waals surface area contributed by atoms with Crippen LogP contribution in [0.25, 0.3) is 10.8 Å². The standard InChI is InChI=1S/C28H25FN4O4/c1-3-33-26-21(28(36)32-25-16(2)12-23(29)31-27(25)33)13-17(15-30-26)10-11-37-22-9-8-18(14-24(34)35)19-6-4-5-7-20(19)22/h4-9,12-13,15H,3,10-11,14H2,1-2H3,(H,32,36)(H,34,35). The molecular formula is C28H25FN4O4. The quantitative estimate of drug-likeness (QED) is 0.342. The lowest BCUT2D eigenvalue weighted by Gasteiger charge is -2.22. The first-order valence-electron chi connectivity index (χ1n) is 12.0. The number of amides is 1. The normalized spacial score (nSPS) is 12.5. The number of benzene rings is 2. The number of aromatic nitrogens is 2. The van der Waals surface area contributed by atoms with E-state index in [0.717, 1.165) is 21.9 Å². The van der Waals surface area contributed by atoms with Crippen LogP contribution >= 0.6 is 0 Å². The van der Waals surface area contributed by atoms with Crippen LogP contribution < -0.4 is 15.0 Å². The van der Waals surface area contributed by atoms with Crippen molar-refractivity contribution in [2.75, 3.05) is 23.4 Å². The van der Waals surface area contributed by atoms with Gasteiger partial charge in [0.2, 0.25) is 5.95 Å². The first-order valence-corrected chi connectivity index (χ1v) is 12.0. The minimum atomic E-state index is -0.889. The summed E-state index contributed by atoms with van der Waals surface area (Å²) in [6.45, 7) is 4.39. The molecule has 8 nitrogen and oxygen atoms in total. The Morgan fingerprint density at radius 2 is 1.92 bits per heavy atom. The smallest absolute Gasteiger partial charge is 0.307 e. The number of nitrogens with one attached hydrogen (secondary N) is 1. The first-order chi connectivity index (χ1) is 17.9. The Kier molecular flexibility index (Phi) is 6.43. The molecular weight excluding hydrogens is 475 g/mol. The molecule has 3 heterocycles. The Labute approximate surface area is 212 Å². The molecule has 4 aromatic rings. The van der Waals surface area contributed by atoms with Crippen LogP contribution in [0.2, 0.25) is 0 Å². The number of hydrogen-bond donors (Lipinski definition) is 2. The summed E-state index contributed by atoms with van der Waals surface area (Å²) in [5, 5.41) is 13.7. The predicted octanol–water partition coefficient (Wildman–Crippen LogP) is 5.05. The van der Waals surface area contributed by atoms with Gasteiger partial charge in [-0.05, 0) is 54.1 Å². The summed E-state index contributed by atoms with van der Waals surface area (Å²) in [5.74, 6) is -0.445. The number of carboxylic acids is 1. The van der Waals surface area contributed by atoms with Crippen molar-refractivity contribution in [3.63, 3.8) is 0 Å². The summed E-state index contributed by atoms with van der Waals surface area (Å²) in [5.41, 5.74) is 2.95. The molecule has 0 saturated carbocycles. The van der Waals surface area contributed by atoms with Crippen molar-refractivity contribution in [2.45, 2.75) is 26.7 Å². The van der Waals surface area contributed by atoms with Crippen LogP contribution in [0.1, 0.15) is 34.0 Å². The summed E-state index contributed by atoms with van der Waals surface area (Å²) < 4.78 is 20.1. The number of pyridine rings is 2. The van der Waals surface area contributed by atoms with Gasteiger partial charge in [0.25, 0.3) is 5.91 Å². The Hall–Kier alpha value is -4.53. The summed E-state index contributed by atoms with van der Waals surface area (Å²) in [7, 11) is 0. The average Bonchev–Trinajstić information content (AvgIpc) is 2.99. The number of carbonyl (C=O) groups excluding carboxylic acids is 1. The minimum Gasteiger partial charge on any atom is -0.493 e. The highest BCUT2D eigenvalue weighted by molar-refractivity contribution is 6.11. The van der Waals surface area contributed by atoms with Gasteiger partial charge in [0, 0.05) is 24.5 Å². The number of rotatable bonds is 7. The molecule has 1 amide bonds. The van der Waals surface area contributed by atoms with Gasteiger partial charge in [-0.1, -0.05) is 30.3 Å². The highest BCUT2D eigenvalue weighted by atomic mass is 19.1. The van der Waals surface area contributed by atoms with E-state index in [1.807, 2.05) is 31.2 Å². The number of anilines is 3. The molecule has 0 aliphatic carbocycles. The van der Waals surface area contributed by atoms with E-state index in [-0.39, 0.29) is 12.3 Å². The summed E-state index contributed by atoms with van der Waals surface area (Å²) in [4.78, 5) is 34.6. The van der Waals surface area contributed by atoms with Gasteiger partial charge >= 0.3 is 5.97 Å². The zero-order valence-electron chi connectivity index (χ0n) is 20.4. The monoisotopic (exact) mass is 500 g/mol. The number of ether oxygens (including phenoxy) is 1. The topological polar surface area (TPSA) is 105 Å². The van der Waals surface area contributed by atoms with E-state index in [0.29, 0.717) is 53.8 Å². The third kappa shape index (κ3) is 4.67. The van der Waals surface area contributed by atoms with Crippen LogP contribution in [-0.4, -0.2) is 40.1 Å². The molecule has 0 spiro atoms. The number of nitrogens with zero attached hydrogens (tertiary/aromatic N) is 3. The number of carboxylic acid groups (broad SMARTS) is 1. The molecule has 0 atom stereocenters. The fourth-order valence-corrected chi connectivity index (χ4v) is 4.62. The molecule has 0 fully saturated rings. The second-order valence-corrected chi connectivity index (χ2v) is 8.81. The Bertz CT molecular complexity index is 1540. The van der Waals surface area contributed by atoms with E-state index in [9.17, 15) is 19.1 Å². The van der Waals surface area contributed by atoms with Crippen LogP contribution in [0.4, 0.5) is 21.7 Å². The maximum Gasteiger partial charge on any atom is 0.307 e. The minimum absolute atomic E-state index is 0.0655. The van der Waals surface area contributed by atoms with Gasteiger partial charge < -0.3 is 20.1 Å². The summed E-state index contributed by atoms with van der Waals surface area (Å²) in [6.07, 6.45) is 2.11. The fourth-order valence-electron chi connectivity index (χ4n) is 4.62. The maximum absolute atomic E-state index is 14.1. The molecule has 2 aromatic heterocycles. The van der Waals surface area contributed by atoms with Gasteiger partial charge in [-0.15, -0.1) is 0 Å². The van der Waals surface area contributed by atoms with Crippen molar-refractivity contribution in [3.8, 4) is 5.75 Å². The SMILES string of the molecule is CCN1c2ncc(CCOc3ccc(CC(=O)O)c4ccccc34)cc2C(=O)Nc2c(C)cc(F)nc21. The van der Waals surface area contributed by atoms with E-state index in [4.69, 9.17) is 4.74 Å². The van der Waals surface area contributed by atoms with Gasteiger partial charge in [0.05, 0.1) is 24.3 Å². The van der Waals surface area contributed by atoms with Crippen LogP contribution in [0.15, 0.2) is 54.7 Å². The fraction of sp³-hybridized carbons (Fsp3) is 0.214. The zero-order valence-corrected chi connectivity index (χ0v) is 20.4. The van der Waals surface area contributed by atoms with Gasteiger partial charge in [0.1, 0.15) is 11.6 Å². The molecule has 0 saturated heterocycles. The Morgan fingerprint density at radius 1 is 1.14 bits per heavy atom. The molecule has 188 valence electrons. The van der Waals surface area contributed by atoms with E-state index in [1.165, 1.54) is 6.07 Å². The number of halogens is 1. The third-order valence-electron chi connectivity index (χ3n) is 6.36. The van der Waals surface area contributed by atoms with Gasteiger partial charge in [-0.2, -0.15) is 9.37 Å². The average molecular weight is 501 g/mol. The van der Waals surface area contributed by atoms with Crippen molar-refractivity contribution in [1.29, 1.82) is 0 Å². The molecule has 1 aliphatic heterocycles. The van der Waals surface area contributed by atoms with E-state index < -0.39 is 11.9 Å². The van der Waals surface area contributed by atoms with Crippen LogP contribution in [0, 0.1) is 12.9 Å². The zero-order chi connectivity index (χ0) is 26.1. The predicted molar refractivity (Wildman–Crippen MR) is 138 cm³/mol. The summed E-state index contributed by atoms with van der Waals surface area (Å²) in [6, 6.07) is 14.2. The number of aliphatic carboxylic acids is 1. The van der Waals surface area contributed by atoms with Gasteiger partial charge in [0.15, 0.2) is 5.82 Å². The lowest BCUT2D eigenvalue weighted by atomic mass is 10.0. The molecule has 2 N–H and O–H groups in total. The van der Waals surface area contributed by atoms with Gasteiger partial charge in [-0.25, -0.2) is 4.98 Å². The van der Waals surface area contributed by atoms with Crippen LogP contribution in [0.5, 0.6) is 5.75 Å². The molecule has 0 radical (unpaired) electrons. The van der Waals surface area contributed by atoms with Gasteiger partial charge in [-0.3, -0.25) is 9.59 Å². The Balaban J connectivity index is 1.38. The number of hydrogen-bond acceptors (Lipinski definition) is 6. The van der Waals surface area contributed by atoms with Crippen molar-refractivity contribution < 1.29 is 23.8 Å². The molecule has 5 rings (SSSR count). The number of aryl methyl sites for hydroxylation is 1. The largest absolute Gasteiger partial charge is 0.493 e. The Morgan fingerprint density at radius 3 is 2.68 bits per heavy atom. The second kappa shape index (κ2) is 9.85. The molecule has 37 heavy (non-hydrogen) atoms. The van der Waals surface area contributed by atoms with Crippen molar-refractivity contribution >= 4 is 40.0 Å². The molecule has 0 bridgehead atoms. The van der Waals surface area contributed by atoms with E-state index >= 15 is 0 Å². The third-order valence-corrected chi connectivity index (χ3v) is 6.36. The molecule has 2 aromatic carbocycles. The molecule has 9 heteroatoms. The highest BCUT2D eigenvalue weighted by Gasteiger charge is 2.28. The van der Waals surface area contributed by atoms with Crippen LogP contribution in [0.3, 0.4) is 0 Å². The molecule has 0 unspecified atom stereocenters. The summed E-state index contributed by atoms with van der Waals surface area (Å²) >= 11 is 0. The van der Waals surface area contributed by atoms with Crippen molar-refractivity contribution in [1.82, 2.24) is 9.97 Å². The second-order valence-electron chi connectivity index (χ2n) is 8.81. The molecule has 1 aliphatic rings. The number of fused-ring (bicyclic) bond motifs is 3. The highest BCUT2D eigenvalue weighted by Crippen LogP contribution is 2.37. The van der Waals surface area contributed by atoms with E-state index in [1.54, 1.807) is 36.2 Å². The van der Waals surface area contributed by atoms with Crippen LogP contribution in [-0.2, 0) is 17.6 Å².